The molecule has 156 valence electrons. The molecule has 3 heterocycles. The van der Waals surface area contributed by atoms with Crippen molar-refractivity contribution >= 4 is 33.0 Å². The van der Waals surface area contributed by atoms with Crippen LogP contribution in [0.5, 0.6) is 17.2 Å². The summed E-state index contributed by atoms with van der Waals surface area (Å²) in [5, 5.41) is 0. The molecule has 10 nitrogen and oxygen atoms in total. The van der Waals surface area contributed by atoms with Gasteiger partial charge < -0.3 is 24.9 Å². The molecule has 3 N–H and O–H groups in total. The van der Waals surface area contributed by atoms with Crippen molar-refractivity contribution in [3.63, 3.8) is 0 Å². The number of rotatable bonds is 4. The van der Waals surface area contributed by atoms with E-state index in [1.807, 2.05) is 0 Å². The predicted molar refractivity (Wildman–Crippen MR) is 114 cm³/mol. The number of hydrogen-bond donors (Lipinski definition) is 2. The largest absolute Gasteiger partial charge is 0.496 e. The van der Waals surface area contributed by atoms with Gasteiger partial charge in [0.05, 0.1) is 18.4 Å². The van der Waals surface area contributed by atoms with Gasteiger partial charge in [0.25, 0.3) is 5.91 Å². The van der Waals surface area contributed by atoms with Crippen LogP contribution in [0.25, 0.3) is 28.2 Å². The average molecular weight is 484 g/mol. The number of primary amides is 1. The van der Waals surface area contributed by atoms with Crippen molar-refractivity contribution < 1.29 is 19.0 Å². The molecule has 0 bridgehead atoms. The number of benzene rings is 2. The van der Waals surface area contributed by atoms with Crippen LogP contribution in [0, 0.1) is 0 Å². The molecule has 1 amide bonds. The Morgan fingerprint density at radius 2 is 2.00 bits per heavy atom. The topological polar surface area (TPSA) is 134 Å². The third kappa shape index (κ3) is 3.10. The van der Waals surface area contributed by atoms with Crippen molar-refractivity contribution in [3.8, 4) is 34.3 Å². The van der Waals surface area contributed by atoms with Gasteiger partial charge in [-0.3, -0.25) is 4.79 Å². The second kappa shape index (κ2) is 7.13. The van der Waals surface area contributed by atoms with Gasteiger partial charge in [0, 0.05) is 10.5 Å². The van der Waals surface area contributed by atoms with Crippen molar-refractivity contribution in [2.24, 2.45) is 5.73 Å². The maximum absolute atomic E-state index is 12.8. The van der Waals surface area contributed by atoms with E-state index in [1.165, 1.54) is 11.7 Å². The molecule has 0 saturated heterocycles. The molecule has 4 aromatic rings. The smallest absolute Gasteiger partial charge is 0.332 e. The zero-order valence-corrected chi connectivity index (χ0v) is 17.6. The Morgan fingerprint density at radius 1 is 1.19 bits per heavy atom. The van der Waals surface area contributed by atoms with E-state index in [0.29, 0.717) is 28.5 Å². The number of halogens is 1. The standard InChI is InChI=1S/C20H14BrN5O5/c1-29-12-4-2-9(21)6-11(12)18-23-15(17(22)27)16-19(25-18)26(20(28)24-16)10-3-5-13-14(7-10)31-8-30-13/h2-7H,8H2,1H3,(H2,22,27)(H,24,28). The molecular weight excluding hydrogens is 470 g/mol. The number of nitrogens with zero attached hydrogens (tertiary/aromatic N) is 3. The number of nitrogens with two attached hydrogens (primary N) is 1. The minimum Gasteiger partial charge on any atom is -0.496 e. The fourth-order valence-electron chi connectivity index (χ4n) is 3.40. The van der Waals surface area contributed by atoms with Crippen LogP contribution in [0.3, 0.4) is 0 Å². The fourth-order valence-corrected chi connectivity index (χ4v) is 3.76. The first kappa shape index (κ1) is 19.1. The normalized spacial score (nSPS) is 12.3. The number of carbonyl (C=O) groups is 1. The summed E-state index contributed by atoms with van der Waals surface area (Å²) in [6.45, 7) is 0.0996. The lowest BCUT2D eigenvalue weighted by Crippen LogP contribution is -2.15. The zero-order valence-electron chi connectivity index (χ0n) is 16.0. The summed E-state index contributed by atoms with van der Waals surface area (Å²) in [6.07, 6.45) is 0. The highest BCUT2D eigenvalue weighted by Crippen LogP contribution is 2.35. The van der Waals surface area contributed by atoms with Gasteiger partial charge in [-0.1, -0.05) is 15.9 Å². The van der Waals surface area contributed by atoms with Gasteiger partial charge >= 0.3 is 5.69 Å². The SMILES string of the molecule is COc1ccc(Br)cc1-c1nc(C(N)=O)c2[nH]c(=O)n(-c3ccc4c(c3)OCO4)c2n1. The van der Waals surface area contributed by atoms with Crippen LogP contribution in [-0.4, -0.2) is 39.3 Å². The summed E-state index contributed by atoms with van der Waals surface area (Å²) >= 11 is 3.41. The maximum atomic E-state index is 12.8. The van der Waals surface area contributed by atoms with Crippen LogP contribution in [0.1, 0.15) is 10.5 Å². The molecule has 0 atom stereocenters. The van der Waals surface area contributed by atoms with Crippen LogP contribution in [0.15, 0.2) is 45.7 Å². The van der Waals surface area contributed by atoms with Crippen LogP contribution in [-0.2, 0) is 0 Å². The van der Waals surface area contributed by atoms with E-state index < -0.39 is 11.6 Å². The Hall–Kier alpha value is -3.86. The number of fused-ring (bicyclic) bond motifs is 2. The first-order valence-corrected chi connectivity index (χ1v) is 9.82. The molecule has 1 aliphatic rings. The van der Waals surface area contributed by atoms with Gasteiger partial charge in [-0.15, -0.1) is 0 Å². The van der Waals surface area contributed by atoms with Crippen LogP contribution in [0.2, 0.25) is 0 Å². The average Bonchev–Trinajstić information content (AvgIpc) is 3.35. The molecule has 0 radical (unpaired) electrons. The monoisotopic (exact) mass is 483 g/mol. The molecule has 0 spiro atoms. The van der Waals surface area contributed by atoms with Crippen LogP contribution >= 0.6 is 15.9 Å². The second-order valence-corrected chi connectivity index (χ2v) is 7.52. The summed E-state index contributed by atoms with van der Waals surface area (Å²) in [5.41, 5.74) is 6.25. The fraction of sp³-hybridized carbons (Fsp3) is 0.100. The quantitative estimate of drug-likeness (QED) is 0.454. The molecule has 2 aromatic carbocycles. The van der Waals surface area contributed by atoms with Gasteiger partial charge in [0.1, 0.15) is 11.3 Å². The highest BCUT2D eigenvalue weighted by atomic mass is 79.9. The first-order chi connectivity index (χ1) is 15.0. The van der Waals surface area contributed by atoms with E-state index in [4.69, 9.17) is 19.9 Å². The lowest BCUT2D eigenvalue weighted by Gasteiger charge is -2.10. The van der Waals surface area contributed by atoms with E-state index in [9.17, 15) is 9.59 Å². The number of ether oxygens (including phenoxy) is 3. The molecule has 1 aliphatic heterocycles. The number of nitrogens with one attached hydrogen (secondary N) is 1. The van der Waals surface area contributed by atoms with E-state index in [1.54, 1.807) is 36.4 Å². The first-order valence-electron chi connectivity index (χ1n) is 9.03. The number of amides is 1. The van der Waals surface area contributed by atoms with Crippen LogP contribution < -0.4 is 25.6 Å². The van der Waals surface area contributed by atoms with Gasteiger partial charge in [-0.05, 0) is 30.3 Å². The predicted octanol–water partition coefficient (Wildman–Crippen LogP) is 2.37. The number of aromatic amines is 1. The zero-order chi connectivity index (χ0) is 21.7. The molecule has 2 aromatic heterocycles. The summed E-state index contributed by atoms with van der Waals surface area (Å²) in [5.74, 6) is 0.931. The molecule has 11 heteroatoms. The summed E-state index contributed by atoms with van der Waals surface area (Å²) < 4.78 is 18.2. The van der Waals surface area contributed by atoms with E-state index in [2.05, 4.69) is 30.9 Å². The third-order valence-corrected chi connectivity index (χ3v) is 5.28. The van der Waals surface area contributed by atoms with Crippen LogP contribution in [0.4, 0.5) is 0 Å². The summed E-state index contributed by atoms with van der Waals surface area (Å²) in [4.78, 5) is 36.5. The van der Waals surface area contributed by atoms with Crippen molar-refractivity contribution in [1.29, 1.82) is 0 Å². The molecular formula is C20H14BrN5O5. The Morgan fingerprint density at radius 3 is 2.77 bits per heavy atom. The van der Waals surface area contributed by atoms with E-state index in [0.717, 1.165) is 4.47 Å². The molecule has 31 heavy (non-hydrogen) atoms. The number of carbonyl (C=O) groups excluding carboxylic acids is 1. The second-order valence-electron chi connectivity index (χ2n) is 6.61. The summed E-state index contributed by atoms with van der Waals surface area (Å²) in [6, 6.07) is 10.3. The van der Waals surface area contributed by atoms with Gasteiger partial charge in [-0.25, -0.2) is 19.3 Å². The molecule has 5 rings (SSSR count). The molecule has 0 unspecified atom stereocenters. The number of H-pyrrole nitrogens is 1. The van der Waals surface area contributed by atoms with Gasteiger partial charge in [0.2, 0.25) is 6.79 Å². The Kier molecular flexibility index (Phi) is 4.40. The number of methoxy groups -OCH3 is 1. The highest BCUT2D eigenvalue weighted by Gasteiger charge is 2.23. The molecule has 0 fully saturated rings. The number of hydrogen-bond acceptors (Lipinski definition) is 7. The van der Waals surface area contributed by atoms with Crippen molar-refractivity contribution in [2.45, 2.75) is 0 Å². The Balaban J connectivity index is 1.81. The van der Waals surface area contributed by atoms with Gasteiger partial charge in [0.15, 0.2) is 28.7 Å². The van der Waals surface area contributed by atoms with Crippen molar-refractivity contribution in [1.82, 2.24) is 19.5 Å². The highest BCUT2D eigenvalue weighted by molar-refractivity contribution is 9.10. The third-order valence-electron chi connectivity index (χ3n) is 4.79. The van der Waals surface area contributed by atoms with E-state index >= 15 is 0 Å². The number of aromatic nitrogens is 4. The van der Waals surface area contributed by atoms with Gasteiger partial charge in [-0.2, -0.15) is 0 Å². The Bertz CT molecular complexity index is 1430. The minimum absolute atomic E-state index is 0.0996. The maximum Gasteiger partial charge on any atom is 0.332 e. The molecule has 0 aliphatic carbocycles. The van der Waals surface area contributed by atoms with Crippen molar-refractivity contribution in [3.05, 3.63) is 57.0 Å². The Labute approximate surface area is 182 Å². The minimum atomic E-state index is -0.804. The lowest BCUT2D eigenvalue weighted by molar-refractivity contribution is 0.0997. The van der Waals surface area contributed by atoms with E-state index in [-0.39, 0.29) is 29.5 Å². The summed E-state index contributed by atoms with van der Waals surface area (Å²) in [7, 11) is 1.51. The molecule has 0 saturated carbocycles. The number of imidazole rings is 1. The van der Waals surface area contributed by atoms with Crippen molar-refractivity contribution in [2.75, 3.05) is 13.9 Å². The lowest BCUT2D eigenvalue weighted by atomic mass is 10.1.